The lowest BCUT2D eigenvalue weighted by atomic mass is 9.65. The van der Waals surface area contributed by atoms with Crippen LogP contribution in [-0.2, 0) is 0 Å². The minimum Gasteiger partial charge on any atom is -0.325 e. The SMILES string of the molecule is CC1(C)[C@H]2CC[C@H](C2)C1(C)N. The summed E-state index contributed by atoms with van der Waals surface area (Å²) in [6.07, 6.45) is 4.19. The molecule has 0 aliphatic heterocycles. The summed E-state index contributed by atoms with van der Waals surface area (Å²) in [6.45, 7) is 6.94. The number of hydrogen-bond donors (Lipinski definition) is 1. The standard InChI is InChI=1S/C10H19N/c1-9(2)7-4-5-8(6-7)10(9,3)11/h7-8H,4-6,11H2,1-3H3/t7-,8+,10?/m0/s1. The first-order valence-electron chi connectivity index (χ1n) is 4.75. The van der Waals surface area contributed by atoms with E-state index in [-0.39, 0.29) is 5.54 Å². The number of rotatable bonds is 0. The molecule has 0 aromatic carbocycles. The van der Waals surface area contributed by atoms with Crippen LogP contribution in [0, 0.1) is 17.3 Å². The van der Waals surface area contributed by atoms with Crippen LogP contribution in [0.4, 0.5) is 0 Å². The molecule has 64 valence electrons. The van der Waals surface area contributed by atoms with Gasteiger partial charge in [0.2, 0.25) is 0 Å². The Bertz CT molecular complexity index is 161. The van der Waals surface area contributed by atoms with E-state index in [1.165, 1.54) is 19.3 Å². The molecule has 0 spiro atoms. The van der Waals surface area contributed by atoms with Crippen molar-refractivity contribution in [1.29, 1.82) is 0 Å². The first kappa shape index (κ1) is 7.60. The summed E-state index contributed by atoms with van der Waals surface area (Å²) in [5.74, 6) is 1.71. The van der Waals surface area contributed by atoms with Gasteiger partial charge in [-0.15, -0.1) is 0 Å². The van der Waals surface area contributed by atoms with Gasteiger partial charge in [-0.3, -0.25) is 0 Å². The van der Waals surface area contributed by atoms with Crippen molar-refractivity contribution in [3.05, 3.63) is 0 Å². The molecule has 2 fully saturated rings. The van der Waals surface area contributed by atoms with Crippen LogP contribution in [0.15, 0.2) is 0 Å². The molecule has 3 atom stereocenters. The summed E-state index contributed by atoms with van der Waals surface area (Å²) in [6, 6.07) is 0. The minimum atomic E-state index is 0.107. The van der Waals surface area contributed by atoms with E-state index in [0.29, 0.717) is 5.41 Å². The molecule has 0 saturated heterocycles. The maximum absolute atomic E-state index is 6.34. The number of hydrogen-bond acceptors (Lipinski definition) is 1. The Morgan fingerprint density at radius 1 is 1.09 bits per heavy atom. The fraction of sp³-hybridized carbons (Fsp3) is 1.00. The van der Waals surface area contributed by atoms with Crippen LogP contribution in [-0.4, -0.2) is 5.54 Å². The zero-order valence-corrected chi connectivity index (χ0v) is 7.85. The lowest BCUT2D eigenvalue weighted by molar-refractivity contribution is 0.102. The predicted molar refractivity (Wildman–Crippen MR) is 47.2 cm³/mol. The summed E-state index contributed by atoms with van der Waals surface area (Å²) in [5, 5.41) is 0. The van der Waals surface area contributed by atoms with Gasteiger partial charge < -0.3 is 5.73 Å². The van der Waals surface area contributed by atoms with Gasteiger partial charge in [-0.2, -0.15) is 0 Å². The molecule has 2 saturated carbocycles. The molecule has 0 amide bonds. The van der Waals surface area contributed by atoms with Crippen LogP contribution in [0.5, 0.6) is 0 Å². The quantitative estimate of drug-likeness (QED) is 0.567. The molecule has 2 N–H and O–H groups in total. The highest BCUT2D eigenvalue weighted by atomic mass is 14.9. The molecule has 2 bridgehead atoms. The van der Waals surface area contributed by atoms with Gasteiger partial charge in [0.25, 0.3) is 0 Å². The van der Waals surface area contributed by atoms with Gasteiger partial charge in [-0.05, 0) is 43.4 Å². The van der Waals surface area contributed by atoms with Gasteiger partial charge in [0.15, 0.2) is 0 Å². The van der Waals surface area contributed by atoms with Crippen LogP contribution < -0.4 is 5.73 Å². The van der Waals surface area contributed by atoms with E-state index in [1.807, 2.05) is 0 Å². The van der Waals surface area contributed by atoms with E-state index in [0.717, 1.165) is 11.8 Å². The van der Waals surface area contributed by atoms with Crippen LogP contribution in [0.1, 0.15) is 40.0 Å². The smallest absolute Gasteiger partial charge is 0.0208 e. The van der Waals surface area contributed by atoms with E-state index in [4.69, 9.17) is 5.73 Å². The lowest BCUT2D eigenvalue weighted by Gasteiger charge is -2.45. The topological polar surface area (TPSA) is 26.0 Å². The molecule has 2 aliphatic carbocycles. The second-order valence-corrected chi connectivity index (χ2v) is 5.21. The highest BCUT2D eigenvalue weighted by molar-refractivity contribution is 5.12. The normalized spacial score (nSPS) is 53.5. The second-order valence-electron chi connectivity index (χ2n) is 5.21. The largest absolute Gasteiger partial charge is 0.325 e. The van der Waals surface area contributed by atoms with Crippen molar-refractivity contribution in [2.45, 2.75) is 45.6 Å². The number of nitrogens with two attached hydrogens (primary N) is 1. The van der Waals surface area contributed by atoms with Crippen molar-refractivity contribution in [3.8, 4) is 0 Å². The Labute approximate surface area is 69.4 Å². The molecular formula is C10H19N. The van der Waals surface area contributed by atoms with Gasteiger partial charge >= 0.3 is 0 Å². The van der Waals surface area contributed by atoms with Crippen molar-refractivity contribution in [2.24, 2.45) is 23.0 Å². The van der Waals surface area contributed by atoms with E-state index in [9.17, 15) is 0 Å². The molecule has 0 radical (unpaired) electrons. The maximum atomic E-state index is 6.34. The highest BCUT2D eigenvalue weighted by Gasteiger charge is 2.58. The molecule has 2 rings (SSSR count). The predicted octanol–water partition coefficient (Wildman–Crippen LogP) is 2.16. The van der Waals surface area contributed by atoms with Crippen molar-refractivity contribution in [1.82, 2.24) is 0 Å². The fourth-order valence-electron chi connectivity index (χ4n) is 3.15. The molecular weight excluding hydrogens is 134 g/mol. The molecule has 1 unspecified atom stereocenters. The summed E-state index contributed by atoms with van der Waals surface area (Å²) >= 11 is 0. The van der Waals surface area contributed by atoms with E-state index in [2.05, 4.69) is 20.8 Å². The van der Waals surface area contributed by atoms with Crippen molar-refractivity contribution in [2.75, 3.05) is 0 Å². The molecule has 0 aromatic rings. The van der Waals surface area contributed by atoms with E-state index in [1.54, 1.807) is 0 Å². The van der Waals surface area contributed by atoms with Crippen LogP contribution >= 0.6 is 0 Å². The summed E-state index contributed by atoms with van der Waals surface area (Å²) in [5.41, 5.74) is 6.83. The first-order chi connectivity index (χ1) is 4.96. The molecule has 2 aliphatic rings. The average molecular weight is 153 g/mol. The Morgan fingerprint density at radius 3 is 1.91 bits per heavy atom. The Kier molecular flexibility index (Phi) is 1.26. The van der Waals surface area contributed by atoms with Gasteiger partial charge in [0.1, 0.15) is 0 Å². The summed E-state index contributed by atoms with van der Waals surface area (Å²) in [4.78, 5) is 0. The van der Waals surface area contributed by atoms with E-state index >= 15 is 0 Å². The zero-order chi connectivity index (χ0) is 8.28. The minimum absolute atomic E-state index is 0.107. The first-order valence-corrected chi connectivity index (χ1v) is 4.75. The maximum Gasteiger partial charge on any atom is 0.0208 e. The lowest BCUT2D eigenvalue weighted by Crippen LogP contribution is -2.54. The fourth-order valence-corrected chi connectivity index (χ4v) is 3.15. The third kappa shape index (κ3) is 0.703. The Hall–Kier alpha value is -0.0400. The van der Waals surface area contributed by atoms with Gasteiger partial charge in [0.05, 0.1) is 0 Å². The van der Waals surface area contributed by atoms with Crippen molar-refractivity contribution >= 4 is 0 Å². The zero-order valence-electron chi connectivity index (χ0n) is 7.85. The number of fused-ring (bicyclic) bond motifs is 2. The molecule has 0 heterocycles. The average Bonchev–Trinajstić information content (AvgIpc) is 2.37. The van der Waals surface area contributed by atoms with Crippen LogP contribution in [0.25, 0.3) is 0 Å². The Morgan fingerprint density at radius 2 is 1.64 bits per heavy atom. The van der Waals surface area contributed by atoms with Crippen molar-refractivity contribution < 1.29 is 0 Å². The van der Waals surface area contributed by atoms with Crippen LogP contribution in [0.3, 0.4) is 0 Å². The van der Waals surface area contributed by atoms with Crippen LogP contribution in [0.2, 0.25) is 0 Å². The summed E-state index contributed by atoms with van der Waals surface area (Å²) < 4.78 is 0. The highest BCUT2D eigenvalue weighted by Crippen LogP contribution is 2.59. The van der Waals surface area contributed by atoms with E-state index < -0.39 is 0 Å². The third-order valence-electron chi connectivity index (χ3n) is 4.69. The summed E-state index contributed by atoms with van der Waals surface area (Å²) in [7, 11) is 0. The van der Waals surface area contributed by atoms with Gasteiger partial charge in [0, 0.05) is 5.54 Å². The molecule has 11 heavy (non-hydrogen) atoms. The Balaban J connectivity index is 2.36. The molecule has 1 nitrogen and oxygen atoms in total. The van der Waals surface area contributed by atoms with Gasteiger partial charge in [-0.1, -0.05) is 13.8 Å². The third-order valence-corrected chi connectivity index (χ3v) is 4.69. The van der Waals surface area contributed by atoms with Crippen molar-refractivity contribution in [3.63, 3.8) is 0 Å². The monoisotopic (exact) mass is 153 g/mol. The second kappa shape index (κ2) is 1.82. The molecule has 1 heteroatoms. The molecule has 0 aromatic heterocycles. The van der Waals surface area contributed by atoms with Gasteiger partial charge in [-0.25, -0.2) is 0 Å².